The van der Waals surface area contributed by atoms with Gasteiger partial charge >= 0.3 is 17.9 Å². The van der Waals surface area contributed by atoms with Crippen molar-refractivity contribution in [3.63, 3.8) is 0 Å². The lowest BCUT2D eigenvalue weighted by molar-refractivity contribution is -0.167. The number of carbonyl (C=O) groups is 3. The van der Waals surface area contributed by atoms with Crippen molar-refractivity contribution in [2.75, 3.05) is 13.2 Å². The minimum atomic E-state index is -0.796. The Kier molecular flexibility index (Phi) is 56.3. The number of hydrogen-bond acceptors (Lipinski definition) is 6. The van der Waals surface area contributed by atoms with Crippen LogP contribution in [0.4, 0.5) is 0 Å². The van der Waals surface area contributed by atoms with Crippen LogP contribution < -0.4 is 0 Å². The molecule has 0 unspecified atom stereocenters. The third-order valence-electron chi connectivity index (χ3n) is 12.9. The fraction of sp³-hybridized carbons (Fsp3) is 0.738. The third kappa shape index (κ3) is 57.4. The van der Waals surface area contributed by atoms with Crippen LogP contribution in [0.2, 0.25) is 0 Å². The molecule has 0 saturated heterocycles. The molecule has 0 aromatic rings. The van der Waals surface area contributed by atoms with Gasteiger partial charge in [0.2, 0.25) is 0 Å². The predicted molar refractivity (Wildman–Crippen MR) is 307 cm³/mol. The Bertz CT molecular complexity index is 1370. The molecular formula is C65H112O6. The number of esters is 3. The maximum absolute atomic E-state index is 12.9. The van der Waals surface area contributed by atoms with Crippen LogP contribution in [-0.4, -0.2) is 37.2 Å². The van der Waals surface area contributed by atoms with Gasteiger partial charge < -0.3 is 14.2 Å². The SMILES string of the molecule is CC/C=C\C/C=C\C/C=C\C/C=C\CCCCCCC(=O)OC[C@H](COC(=O)CCCCCCCCCCCCCCCCCCCCCCC)OC(=O)CCCCCCC/C=C\C/C=C\C/C=C\CC. The van der Waals surface area contributed by atoms with E-state index in [1.807, 2.05) is 0 Å². The monoisotopic (exact) mass is 989 g/mol. The van der Waals surface area contributed by atoms with Crippen molar-refractivity contribution in [3.05, 3.63) is 85.1 Å². The summed E-state index contributed by atoms with van der Waals surface area (Å²) in [4.78, 5) is 38.2. The van der Waals surface area contributed by atoms with Gasteiger partial charge in [0.15, 0.2) is 6.10 Å². The van der Waals surface area contributed by atoms with Crippen LogP contribution in [0.15, 0.2) is 85.1 Å². The average molecular weight is 990 g/mol. The van der Waals surface area contributed by atoms with E-state index in [-0.39, 0.29) is 31.1 Å². The summed E-state index contributed by atoms with van der Waals surface area (Å²) < 4.78 is 16.9. The molecule has 6 heteroatoms. The Labute approximate surface area is 439 Å². The Balaban J connectivity index is 4.38. The molecule has 0 aliphatic rings. The van der Waals surface area contributed by atoms with Crippen molar-refractivity contribution < 1.29 is 28.6 Å². The molecule has 6 nitrogen and oxygen atoms in total. The van der Waals surface area contributed by atoms with E-state index in [2.05, 4.69) is 106 Å². The van der Waals surface area contributed by atoms with Gasteiger partial charge in [0.05, 0.1) is 0 Å². The summed E-state index contributed by atoms with van der Waals surface area (Å²) in [6.45, 7) is 6.41. The highest BCUT2D eigenvalue weighted by Gasteiger charge is 2.19. The summed E-state index contributed by atoms with van der Waals surface area (Å²) in [5.41, 5.74) is 0. The molecule has 0 fully saturated rings. The summed E-state index contributed by atoms with van der Waals surface area (Å²) in [5, 5.41) is 0. The first-order valence-corrected chi connectivity index (χ1v) is 30.1. The van der Waals surface area contributed by atoms with Crippen LogP contribution in [0.3, 0.4) is 0 Å². The molecule has 0 N–H and O–H groups in total. The molecule has 0 aliphatic heterocycles. The molecule has 1 atom stereocenters. The number of ether oxygens (including phenoxy) is 3. The van der Waals surface area contributed by atoms with E-state index in [4.69, 9.17) is 14.2 Å². The number of allylic oxidation sites excluding steroid dienone is 14. The molecule has 0 heterocycles. The van der Waals surface area contributed by atoms with E-state index in [0.717, 1.165) is 135 Å². The van der Waals surface area contributed by atoms with Gasteiger partial charge in [-0.2, -0.15) is 0 Å². The first-order chi connectivity index (χ1) is 35.0. The van der Waals surface area contributed by atoms with Gasteiger partial charge in [-0.05, 0) is 89.9 Å². The molecule has 0 saturated carbocycles. The number of hydrogen-bond donors (Lipinski definition) is 0. The van der Waals surface area contributed by atoms with Crippen LogP contribution >= 0.6 is 0 Å². The molecule has 0 aliphatic carbocycles. The van der Waals surface area contributed by atoms with Crippen molar-refractivity contribution in [3.8, 4) is 0 Å². The van der Waals surface area contributed by atoms with E-state index >= 15 is 0 Å². The fourth-order valence-electron chi connectivity index (χ4n) is 8.45. The van der Waals surface area contributed by atoms with Gasteiger partial charge in [0.25, 0.3) is 0 Å². The zero-order valence-corrected chi connectivity index (χ0v) is 46.7. The molecule has 0 bridgehead atoms. The van der Waals surface area contributed by atoms with Crippen LogP contribution in [-0.2, 0) is 28.6 Å². The molecule has 0 radical (unpaired) electrons. The molecule has 0 rings (SSSR count). The smallest absolute Gasteiger partial charge is 0.306 e. The van der Waals surface area contributed by atoms with Gasteiger partial charge in [-0.25, -0.2) is 0 Å². The Hall–Kier alpha value is -3.41. The third-order valence-corrected chi connectivity index (χ3v) is 12.9. The highest BCUT2D eigenvalue weighted by molar-refractivity contribution is 5.71. The van der Waals surface area contributed by atoms with E-state index < -0.39 is 6.10 Å². The second-order valence-corrected chi connectivity index (χ2v) is 19.9. The number of unbranched alkanes of at least 4 members (excludes halogenated alkanes) is 29. The van der Waals surface area contributed by atoms with Gasteiger partial charge in [0.1, 0.15) is 13.2 Å². The lowest BCUT2D eigenvalue weighted by Gasteiger charge is -2.18. The highest BCUT2D eigenvalue weighted by Crippen LogP contribution is 2.16. The lowest BCUT2D eigenvalue weighted by atomic mass is 10.0. The first-order valence-electron chi connectivity index (χ1n) is 30.1. The summed E-state index contributed by atoms with van der Waals surface area (Å²) in [7, 11) is 0. The van der Waals surface area contributed by atoms with Crippen LogP contribution in [0.5, 0.6) is 0 Å². The lowest BCUT2D eigenvalue weighted by Crippen LogP contribution is -2.30. The minimum absolute atomic E-state index is 0.0897. The van der Waals surface area contributed by atoms with E-state index in [0.29, 0.717) is 19.3 Å². The van der Waals surface area contributed by atoms with E-state index in [9.17, 15) is 14.4 Å². The van der Waals surface area contributed by atoms with Crippen molar-refractivity contribution in [2.45, 2.75) is 297 Å². The fourth-order valence-corrected chi connectivity index (χ4v) is 8.45. The second kappa shape index (κ2) is 59.2. The van der Waals surface area contributed by atoms with Gasteiger partial charge in [-0.3, -0.25) is 14.4 Å². The van der Waals surface area contributed by atoms with Crippen LogP contribution in [0, 0.1) is 0 Å². The zero-order valence-electron chi connectivity index (χ0n) is 46.7. The zero-order chi connectivity index (χ0) is 51.4. The molecule has 0 amide bonds. The summed E-state index contributed by atoms with van der Waals surface area (Å²) in [6, 6.07) is 0. The Morgan fingerprint density at radius 3 is 0.859 bits per heavy atom. The van der Waals surface area contributed by atoms with E-state index in [1.165, 1.54) is 116 Å². The van der Waals surface area contributed by atoms with Crippen molar-refractivity contribution >= 4 is 17.9 Å². The number of rotatable bonds is 54. The van der Waals surface area contributed by atoms with Crippen molar-refractivity contribution in [1.82, 2.24) is 0 Å². The van der Waals surface area contributed by atoms with Crippen LogP contribution in [0.1, 0.15) is 290 Å². The Morgan fingerprint density at radius 1 is 0.296 bits per heavy atom. The predicted octanol–water partition coefficient (Wildman–Crippen LogP) is 20.3. The average Bonchev–Trinajstić information content (AvgIpc) is 3.37. The van der Waals surface area contributed by atoms with E-state index in [1.54, 1.807) is 0 Å². The normalized spacial score (nSPS) is 12.7. The molecule has 0 aromatic carbocycles. The van der Waals surface area contributed by atoms with Gasteiger partial charge in [0, 0.05) is 19.3 Å². The van der Waals surface area contributed by atoms with Crippen LogP contribution in [0.25, 0.3) is 0 Å². The topological polar surface area (TPSA) is 78.9 Å². The van der Waals surface area contributed by atoms with Crippen molar-refractivity contribution in [1.29, 1.82) is 0 Å². The quantitative estimate of drug-likeness (QED) is 0.0261. The Morgan fingerprint density at radius 2 is 0.549 bits per heavy atom. The summed E-state index contributed by atoms with van der Waals surface area (Å²) in [6.07, 6.45) is 77.3. The maximum Gasteiger partial charge on any atom is 0.306 e. The number of carbonyl (C=O) groups excluding carboxylic acids is 3. The molecule has 0 spiro atoms. The molecule has 0 aromatic heterocycles. The van der Waals surface area contributed by atoms with Crippen molar-refractivity contribution in [2.24, 2.45) is 0 Å². The van der Waals surface area contributed by atoms with Gasteiger partial charge in [-0.1, -0.05) is 266 Å². The highest BCUT2D eigenvalue weighted by atomic mass is 16.6. The summed E-state index contributed by atoms with van der Waals surface area (Å²) in [5.74, 6) is -0.922. The second-order valence-electron chi connectivity index (χ2n) is 19.9. The molecular weight excluding hydrogens is 877 g/mol. The first kappa shape index (κ1) is 67.6. The largest absolute Gasteiger partial charge is 0.462 e. The molecule has 71 heavy (non-hydrogen) atoms. The summed E-state index contributed by atoms with van der Waals surface area (Å²) >= 11 is 0. The molecule has 408 valence electrons. The standard InChI is InChI=1S/C65H112O6/c1-4-7-10-13-16-19-22-25-28-30-31-32-33-35-38-40-43-46-49-52-55-58-64(67)70-61-62(71-65(68)59-56-53-50-47-44-41-36-27-24-21-18-15-12-9-6-3)60-69-63(66)57-54-51-48-45-42-39-37-34-29-26-23-20-17-14-11-8-5-2/h8-9,11-12,17-18,20-21,26-27,29,36-37,39,62H,4-7,10,13-16,19,22-25,28,30-35,38,40-61H2,1-3H3/b11-8-,12-9-,20-17-,21-18-,29-26-,36-27-,39-37-/t62-/m1/s1. The minimum Gasteiger partial charge on any atom is -0.462 e. The maximum atomic E-state index is 12.9. The van der Waals surface area contributed by atoms with Gasteiger partial charge in [-0.15, -0.1) is 0 Å².